The van der Waals surface area contributed by atoms with Gasteiger partial charge in [0, 0.05) is 43.2 Å². The van der Waals surface area contributed by atoms with Crippen LogP contribution in [0.25, 0.3) is 16.8 Å². The molecule has 1 atom stereocenters. The Morgan fingerprint density at radius 1 is 1.11 bits per heavy atom. The largest absolute Gasteiger partial charge is 0.472 e. The zero-order chi connectivity index (χ0) is 18.9. The van der Waals surface area contributed by atoms with E-state index in [4.69, 9.17) is 14.5 Å². The first-order valence-electron chi connectivity index (χ1n) is 9.36. The van der Waals surface area contributed by atoms with E-state index in [1.54, 1.807) is 18.5 Å². The third-order valence-corrected chi connectivity index (χ3v) is 5.20. The number of hydrogen-bond donors (Lipinski definition) is 0. The van der Waals surface area contributed by atoms with Gasteiger partial charge in [-0.05, 0) is 48.7 Å². The monoisotopic (exact) mass is 373 g/mol. The third-order valence-electron chi connectivity index (χ3n) is 5.20. The van der Waals surface area contributed by atoms with Gasteiger partial charge in [0.2, 0.25) is 0 Å². The zero-order valence-electron chi connectivity index (χ0n) is 15.2. The molecule has 0 saturated carbocycles. The molecule has 4 aromatic heterocycles. The Balaban J connectivity index is 1.40. The number of pyridine rings is 2. The van der Waals surface area contributed by atoms with Crippen molar-refractivity contribution < 1.29 is 9.21 Å². The molecule has 0 N–H and O–H groups in total. The summed E-state index contributed by atoms with van der Waals surface area (Å²) in [5.41, 5.74) is 3.55. The highest BCUT2D eigenvalue weighted by molar-refractivity contribution is 5.93. The highest BCUT2D eigenvalue weighted by Gasteiger charge is 2.28. The lowest BCUT2D eigenvalue weighted by atomic mass is 9.97. The van der Waals surface area contributed by atoms with Crippen LogP contribution in [0.4, 0.5) is 0 Å². The molecule has 0 spiro atoms. The van der Waals surface area contributed by atoms with Crippen LogP contribution in [0.3, 0.4) is 0 Å². The van der Waals surface area contributed by atoms with Crippen LogP contribution in [0, 0.1) is 0 Å². The van der Waals surface area contributed by atoms with Gasteiger partial charge in [-0.1, -0.05) is 0 Å². The van der Waals surface area contributed by atoms with Crippen LogP contribution >= 0.6 is 0 Å². The van der Waals surface area contributed by atoms with E-state index in [2.05, 4.69) is 4.98 Å². The van der Waals surface area contributed by atoms with Gasteiger partial charge in [-0.15, -0.1) is 0 Å². The number of likely N-dealkylation sites (tertiary alicyclic amines) is 1. The van der Waals surface area contributed by atoms with Crippen molar-refractivity contribution >= 4 is 11.6 Å². The fraction of sp³-hybridized carbons (Fsp3) is 0.238. The molecule has 1 saturated heterocycles. The van der Waals surface area contributed by atoms with E-state index in [1.807, 2.05) is 39.9 Å². The fourth-order valence-corrected chi connectivity index (χ4v) is 3.73. The molecule has 1 aliphatic heterocycles. The van der Waals surface area contributed by atoms with Crippen molar-refractivity contribution in [3.63, 3.8) is 0 Å². The minimum atomic E-state index is 0.00203. The van der Waals surface area contributed by atoms with Crippen molar-refractivity contribution in [2.45, 2.75) is 18.8 Å². The second-order valence-corrected chi connectivity index (χ2v) is 7.03. The minimum absolute atomic E-state index is 0.00203. The van der Waals surface area contributed by atoms with E-state index in [1.165, 1.54) is 12.5 Å². The molecule has 0 bridgehead atoms. The Morgan fingerprint density at radius 2 is 2.00 bits per heavy atom. The summed E-state index contributed by atoms with van der Waals surface area (Å²) in [5.74, 6) is 0.924. The molecule has 7 heteroatoms. The maximum absolute atomic E-state index is 12.6. The molecule has 5 rings (SSSR count). The number of amides is 1. The van der Waals surface area contributed by atoms with E-state index in [0.717, 1.165) is 42.0 Å². The molecule has 0 radical (unpaired) electrons. The predicted octanol–water partition coefficient (Wildman–Crippen LogP) is 3.40. The van der Waals surface area contributed by atoms with Crippen LogP contribution in [0.5, 0.6) is 0 Å². The Hall–Kier alpha value is -3.48. The Kier molecular flexibility index (Phi) is 4.12. The highest BCUT2D eigenvalue weighted by Crippen LogP contribution is 2.27. The van der Waals surface area contributed by atoms with Gasteiger partial charge >= 0.3 is 0 Å². The summed E-state index contributed by atoms with van der Waals surface area (Å²) in [6, 6.07) is 9.66. The number of rotatable bonds is 3. The molecule has 0 aliphatic carbocycles. The third kappa shape index (κ3) is 3.05. The van der Waals surface area contributed by atoms with Crippen molar-refractivity contribution in [2.24, 2.45) is 0 Å². The molecule has 28 heavy (non-hydrogen) atoms. The van der Waals surface area contributed by atoms with Gasteiger partial charge in [0.25, 0.3) is 5.91 Å². The lowest BCUT2D eigenvalue weighted by Crippen LogP contribution is -2.39. The Morgan fingerprint density at radius 3 is 2.82 bits per heavy atom. The summed E-state index contributed by atoms with van der Waals surface area (Å²) in [4.78, 5) is 23.3. The van der Waals surface area contributed by atoms with Gasteiger partial charge in [-0.2, -0.15) is 5.10 Å². The number of piperidine rings is 1. The molecule has 140 valence electrons. The number of carbonyl (C=O) groups is 1. The molecule has 4 aromatic rings. The van der Waals surface area contributed by atoms with Gasteiger partial charge < -0.3 is 9.32 Å². The molecule has 5 heterocycles. The van der Waals surface area contributed by atoms with Crippen molar-refractivity contribution in [2.75, 3.05) is 13.1 Å². The molecule has 7 nitrogen and oxygen atoms in total. The van der Waals surface area contributed by atoms with Gasteiger partial charge in [0.05, 0.1) is 11.8 Å². The Labute approximate surface area is 161 Å². The smallest absolute Gasteiger partial charge is 0.257 e. The second kappa shape index (κ2) is 6.92. The first kappa shape index (κ1) is 16.7. The SMILES string of the molecule is O=C(c1ccoc1)N1CCC[C@H](c2nc3ccc(-c4ccncc4)cn3n2)C1. The number of nitrogens with zero attached hydrogens (tertiary/aromatic N) is 5. The summed E-state index contributed by atoms with van der Waals surface area (Å²) in [6.45, 7) is 1.37. The highest BCUT2D eigenvalue weighted by atomic mass is 16.3. The van der Waals surface area contributed by atoms with Gasteiger partial charge in [-0.25, -0.2) is 9.50 Å². The van der Waals surface area contributed by atoms with Crippen molar-refractivity contribution in [3.8, 4) is 11.1 Å². The second-order valence-electron chi connectivity index (χ2n) is 7.03. The quantitative estimate of drug-likeness (QED) is 0.550. The number of aromatic nitrogens is 4. The normalized spacial score (nSPS) is 17.1. The maximum Gasteiger partial charge on any atom is 0.257 e. The zero-order valence-corrected chi connectivity index (χ0v) is 15.2. The van der Waals surface area contributed by atoms with Gasteiger partial charge in [0.1, 0.15) is 6.26 Å². The minimum Gasteiger partial charge on any atom is -0.472 e. The number of fused-ring (bicyclic) bond motifs is 1. The first-order chi connectivity index (χ1) is 13.8. The van der Waals surface area contributed by atoms with Crippen LogP contribution in [-0.4, -0.2) is 43.5 Å². The molecule has 0 aromatic carbocycles. The average Bonchev–Trinajstić information content (AvgIpc) is 3.43. The number of hydrogen-bond acceptors (Lipinski definition) is 5. The van der Waals surface area contributed by atoms with E-state index in [0.29, 0.717) is 12.1 Å². The number of furan rings is 1. The van der Waals surface area contributed by atoms with Crippen LogP contribution in [0.15, 0.2) is 65.9 Å². The molecule has 1 fully saturated rings. The van der Waals surface area contributed by atoms with Crippen LogP contribution in [0.2, 0.25) is 0 Å². The lowest BCUT2D eigenvalue weighted by Gasteiger charge is -2.31. The van der Waals surface area contributed by atoms with E-state index >= 15 is 0 Å². The Bertz CT molecular complexity index is 1100. The molecule has 1 amide bonds. The standard InChI is InChI=1S/C21H19N5O2/c27-21(18-7-11-28-14-18)25-10-1-2-17(12-25)20-23-19-4-3-16(13-26(19)24-20)15-5-8-22-9-6-15/h3-9,11,13-14,17H,1-2,10,12H2/t17-/m0/s1. The van der Waals surface area contributed by atoms with Gasteiger partial charge in [0.15, 0.2) is 11.5 Å². The van der Waals surface area contributed by atoms with Crippen LogP contribution < -0.4 is 0 Å². The summed E-state index contributed by atoms with van der Waals surface area (Å²) >= 11 is 0. The van der Waals surface area contributed by atoms with Crippen molar-refractivity contribution in [1.82, 2.24) is 24.5 Å². The van der Waals surface area contributed by atoms with Crippen molar-refractivity contribution in [1.29, 1.82) is 0 Å². The summed E-state index contributed by atoms with van der Waals surface area (Å²) in [7, 11) is 0. The predicted molar refractivity (Wildman–Crippen MR) is 103 cm³/mol. The fourth-order valence-electron chi connectivity index (χ4n) is 3.73. The van der Waals surface area contributed by atoms with E-state index in [-0.39, 0.29) is 11.8 Å². The molecular formula is C21H19N5O2. The number of carbonyl (C=O) groups excluding carboxylic acids is 1. The van der Waals surface area contributed by atoms with Gasteiger partial charge in [-0.3, -0.25) is 9.78 Å². The van der Waals surface area contributed by atoms with Crippen LogP contribution in [-0.2, 0) is 0 Å². The first-order valence-corrected chi connectivity index (χ1v) is 9.36. The average molecular weight is 373 g/mol. The van der Waals surface area contributed by atoms with E-state index < -0.39 is 0 Å². The topological polar surface area (TPSA) is 76.5 Å². The van der Waals surface area contributed by atoms with Crippen molar-refractivity contribution in [3.05, 3.63) is 72.8 Å². The molecular weight excluding hydrogens is 354 g/mol. The maximum atomic E-state index is 12.6. The van der Waals surface area contributed by atoms with Crippen LogP contribution in [0.1, 0.15) is 34.9 Å². The lowest BCUT2D eigenvalue weighted by molar-refractivity contribution is 0.0704. The van der Waals surface area contributed by atoms with E-state index in [9.17, 15) is 4.79 Å². The summed E-state index contributed by atoms with van der Waals surface area (Å²) in [6.07, 6.45) is 10.5. The summed E-state index contributed by atoms with van der Waals surface area (Å²) < 4.78 is 6.87. The molecule has 1 aliphatic rings. The molecule has 0 unspecified atom stereocenters. The summed E-state index contributed by atoms with van der Waals surface area (Å²) in [5, 5.41) is 4.71.